The van der Waals surface area contributed by atoms with Crippen LogP contribution in [0.15, 0.2) is 30.5 Å². The molecule has 3 aliphatic rings. The van der Waals surface area contributed by atoms with Crippen LogP contribution in [0.2, 0.25) is 0 Å². The van der Waals surface area contributed by atoms with Gasteiger partial charge in [0.05, 0.1) is 18.0 Å². The van der Waals surface area contributed by atoms with Crippen molar-refractivity contribution in [3.05, 3.63) is 36.3 Å². The summed E-state index contributed by atoms with van der Waals surface area (Å²) in [6.45, 7) is 2.33. The monoisotopic (exact) mass is 518 g/mol. The first kappa shape index (κ1) is 25.0. The highest BCUT2D eigenvalue weighted by atomic mass is 32.2. The number of carbonyl (C=O) groups is 1. The van der Waals surface area contributed by atoms with Crippen LogP contribution in [0.25, 0.3) is 0 Å². The first-order chi connectivity index (χ1) is 17.4. The highest BCUT2D eigenvalue weighted by Crippen LogP contribution is 2.54. The van der Waals surface area contributed by atoms with Crippen LogP contribution in [0.5, 0.6) is 0 Å². The van der Waals surface area contributed by atoms with Crippen LogP contribution in [0, 0.1) is 5.41 Å². The Morgan fingerprint density at radius 3 is 2.44 bits per heavy atom. The summed E-state index contributed by atoms with van der Waals surface area (Å²) in [6, 6.07) is 7.43. The topological polar surface area (TPSA) is 93.6 Å². The van der Waals surface area contributed by atoms with E-state index >= 15 is 0 Å². The number of rotatable bonds is 8. The lowest BCUT2D eigenvalue weighted by atomic mass is 9.93. The Hall–Kier alpha value is -2.66. The van der Waals surface area contributed by atoms with Crippen molar-refractivity contribution in [3.8, 4) is 0 Å². The van der Waals surface area contributed by atoms with Crippen molar-refractivity contribution < 1.29 is 18.7 Å². The molecule has 2 saturated heterocycles. The predicted octanol–water partition coefficient (Wildman–Crippen LogP) is 4.40. The normalized spacial score (nSPS) is 20.3. The van der Waals surface area contributed by atoms with E-state index < -0.39 is 11.8 Å². The number of alkyl halides is 2. The van der Waals surface area contributed by atoms with E-state index in [1.807, 2.05) is 18.2 Å². The highest BCUT2D eigenvalue weighted by Gasteiger charge is 2.44. The fourth-order valence-corrected chi connectivity index (χ4v) is 5.40. The zero-order chi connectivity index (χ0) is 25.2. The molecule has 3 N–H and O–H groups in total. The first-order valence-electron chi connectivity index (χ1n) is 12.5. The van der Waals surface area contributed by atoms with Gasteiger partial charge >= 0.3 is 0 Å². The fraction of sp³-hybridized carbons (Fsp3) is 0.560. The Labute approximate surface area is 214 Å². The summed E-state index contributed by atoms with van der Waals surface area (Å²) in [5.41, 5.74) is 3.03. The highest BCUT2D eigenvalue weighted by molar-refractivity contribution is 8.00. The summed E-state index contributed by atoms with van der Waals surface area (Å²) in [7, 11) is 0. The SMILES string of the molecule is O=C(Nc1ccc(NSCCO)cc1N1CCC2(CC1)CC2)c1nccc(N2CCC(F)(F)CC2)n1. The minimum Gasteiger partial charge on any atom is -0.395 e. The lowest BCUT2D eigenvalue weighted by Gasteiger charge is -2.35. The Morgan fingerprint density at radius 2 is 1.75 bits per heavy atom. The second kappa shape index (κ2) is 10.4. The lowest BCUT2D eigenvalue weighted by Crippen LogP contribution is -2.40. The molecule has 194 valence electrons. The number of halogens is 2. The van der Waals surface area contributed by atoms with Crippen molar-refractivity contribution in [1.82, 2.24) is 9.97 Å². The van der Waals surface area contributed by atoms with Gasteiger partial charge in [-0.3, -0.25) is 4.79 Å². The maximum Gasteiger partial charge on any atom is 0.293 e. The van der Waals surface area contributed by atoms with Gasteiger partial charge in [0.1, 0.15) is 5.82 Å². The molecule has 0 radical (unpaired) electrons. The minimum absolute atomic E-state index is 0.00654. The van der Waals surface area contributed by atoms with Gasteiger partial charge in [-0.05, 0) is 55.4 Å². The molecular formula is C25H32F2N6O2S. The molecule has 1 aromatic carbocycles. The van der Waals surface area contributed by atoms with Crippen molar-refractivity contribution >= 4 is 40.7 Å². The number of carbonyl (C=O) groups excluding carboxylic acids is 1. The quantitative estimate of drug-likeness (QED) is 0.350. The molecule has 2 aliphatic heterocycles. The van der Waals surface area contributed by atoms with Crippen LogP contribution in [-0.4, -0.2) is 65.4 Å². The maximum absolute atomic E-state index is 13.6. The number of piperidine rings is 2. The molecule has 1 aliphatic carbocycles. The number of hydrogen-bond acceptors (Lipinski definition) is 8. The Balaban J connectivity index is 1.32. The molecule has 36 heavy (non-hydrogen) atoms. The maximum atomic E-state index is 13.6. The van der Waals surface area contributed by atoms with Gasteiger partial charge in [-0.1, -0.05) is 11.9 Å². The molecule has 2 aromatic rings. The third-order valence-corrected chi connectivity index (χ3v) is 8.18. The van der Waals surface area contributed by atoms with Crippen molar-refractivity contribution in [1.29, 1.82) is 0 Å². The van der Waals surface area contributed by atoms with Crippen LogP contribution >= 0.6 is 11.9 Å². The zero-order valence-electron chi connectivity index (χ0n) is 20.2. The molecule has 3 heterocycles. The molecule has 5 rings (SSSR count). The lowest BCUT2D eigenvalue weighted by molar-refractivity contribution is -0.0221. The molecule has 1 aromatic heterocycles. The fourth-order valence-electron chi connectivity index (χ4n) is 4.92. The van der Waals surface area contributed by atoms with E-state index in [9.17, 15) is 13.6 Å². The molecule has 0 bridgehead atoms. The van der Waals surface area contributed by atoms with Crippen LogP contribution in [0.4, 0.5) is 31.7 Å². The summed E-state index contributed by atoms with van der Waals surface area (Å²) in [6.07, 6.45) is 5.97. The zero-order valence-corrected chi connectivity index (χ0v) is 21.0. The molecule has 8 nitrogen and oxygen atoms in total. The van der Waals surface area contributed by atoms with E-state index in [4.69, 9.17) is 5.11 Å². The van der Waals surface area contributed by atoms with Crippen LogP contribution in [-0.2, 0) is 0 Å². The number of aromatic nitrogens is 2. The van der Waals surface area contributed by atoms with Crippen molar-refractivity contribution in [2.45, 2.75) is 44.4 Å². The van der Waals surface area contributed by atoms with E-state index in [0.29, 0.717) is 22.7 Å². The molecule has 3 fully saturated rings. The third kappa shape index (κ3) is 5.83. The van der Waals surface area contributed by atoms with Gasteiger partial charge in [-0.2, -0.15) is 0 Å². The van der Waals surface area contributed by atoms with Gasteiger partial charge in [-0.15, -0.1) is 0 Å². The van der Waals surface area contributed by atoms with Crippen molar-refractivity contribution in [2.24, 2.45) is 5.41 Å². The summed E-state index contributed by atoms with van der Waals surface area (Å²) < 4.78 is 30.4. The molecule has 1 spiro atoms. The number of amides is 1. The van der Waals surface area contributed by atoms with Gasteiger partial charge < -0.3 is 24.9 Å². The average Bonchev–Trinajstić information content (AvgIpc) is 3.64. The van der Waals surface area contributed by atoms with Gasteiger partial charge in [0.2, 0.25) is 5.82 Å². The van der Waals surface area contributed by atoms with Crippen LogP contribution < -0.4 is 19.8 Å². The first-order valence-corrected chi connectivity index (χ1v) is 13.5. The number of nitrogens with one attached hydrogen (secondary N) is 2. The number of aliphatic hydroxyl groups excluding tert-OH is 1. The van der Waals surface area contributed by atoms with Gasteiger partial charge in [-0.25, -0.2) is 18.7 Å². The van der Waals surface area contributed by atoms with E-state index in [1.54, 1.807) is 11.0 Å². The van der Waals surface area contributed by atoms with Gasteiger partial charge in [0.15, 0.2) is 0 Å². The number of nitrogens with zero attached hydrogens (tertiary/aromatic N) is 4. The number of anilines is 4. The summed E-state index contributed by atoms with van der Waals surface area (Å²) >= 11 is 1.43. The standard InChI is InChI=1S/C25H32F2N6O2S/c26-25(27)8-13-33(14-9-25)21-3-10-28-22(30-21)23(35)29-19-2-1-18(31-36-16-15-34)17-20(19)32-11-6-24(4-5-24)7-12-32/h1-3,10,17,31,34H,4-9,11-16H2,(H,29,35). The molecule has 0 unspecified atom stereocenters. The Kier molecular flexibility index (Phi) is 7.21. The van der Waals surface area contributed by atoms with Gasteiger partial charge in [0.25, 0.3) is 11.8 Å². The van der Waals surface area contributed by atoms with Crippen molar-refractivity contribution in [2.75, 3.05) is 58.4 Å². The molecular weight excluding hydrogens is 486 g/mol. The van der Waals surface area contributed by atoms with E-state index in [2.05, 4.69) is 24.9 Å². The molecule has 11 heteroatoms. The molecule has 1 amide bonds. The van der Waals surface area contributed by atoms with E-state index in [0.717, 1.165) is 37.3 Å². The Morgan fingerprint density at radius 1 is 1.03 bits per heavy atom. The second-order valence-electron chi connectivity index (χ2n) is 9.93. The largest absolute Gasteiger partial charge is 0.395 e. The third-order valence-electron chi connectivity index (χ3n) is 7.41. The van der Waals surface area contributed by atoms with Crippen LogP contribution in [0.3, 0.4) is 0 Å². The van der Waals surface area contributed by atoms with E-state index in [-0.39, 0.29) is 38.4 Å². The smallest absolute Gasteiger partial charge is 0.293 e. The average molecular weight is 519 g/mol. The second-order valence-corrected chi connectivity index (χ2v) is 10.8. The van der Waals surface area contributed by atoms with Crippen molar-refractivity contribution in [3.63, 3.8) is 0 Å². The summed E-state index contributed by atoms with van der Waals surface area (Å²) in [5, 5.41) is 12.0. The van der Waals surface area contributed by atoms with Crippen LogP contribution in [0.1, 0.15) is 49.1 Å². The molecule has 1 saturated carbocycles. The number of benzene rings is 1. The predicted molar refractivity (Wildman–Crippen MR) is 139 cm³/mol. The number of hydrogen-bond donors (Lipinski definition) is 3. The van der Waals surface area contributed by atoms with Gasteiger partial charge in [0, 0.05) is 56.7 Å². The van der Waals surface area contributed by atoms with E-state index in [1.165, 1.54) is 31.0 Å². The Bertz CT molecular complexity index is 1080. The summed E-state index contributed by atoms with van der Waals surface area (Å²) in [4.78, 5) is 25.8. The molecule has 0 atom stereocenters. The summed E-state index contributed by atoms with van der Waals surface area (Å²) in [5.74, 6) is -2.02. The number of aliphatic hydroxyl groups is 1. The minimum atomic E-state index is -2.65.